The van der Waals surface area contributed by atoms with E-state index in [1.54, 1.807) is 0 Å². The van der Waals surface area contributed by atoms with Crippen molar-refractivity contribution in [2.24, 2.45) is 5.41 Å². The maximum atomic E-state index is 4.94. The molecule has 0 bridgehead atoms. The van der Waals surface area contributed by atoms with Gasteiger partial charge in [-0.05, 0) is 0 Å². The Morgan fingerprint density at radius 3 is 1.89 bits per heavy atom. The van der Waals surface area contributed by atoms with Gasteiger partial charge >= 0.3 is 7.69 Å². The molecule has 0 atom stereocenters. The van der Waals surface area contributed by atoms with E-state index in [2.05, 4.69) is 13.8 Å². The van der Waals surface area contributed by atoms with Gasteiger partial charge in [0.25, 0.3) is 0 Å². The molecule has 0 aromatic carbocycles. The van der Waals surface area contributed by atoms with Crippen molar-refractivity contribution in [3.05, 3.63) is 0 Å². The molecule has 1 rings (SSSR count). The van der Waals surface area contributed by atoms with Gasteiger partial charge in [0.05, 0.1) is 0 Å². The molecule has 1 aliphatic rings. The van der Waals surface area contributed by atoms with E-state index >= 15 is 0 Å². The van der Waals surface area contributed by atoms with Crippen molar-refractivity contribution in [2.75, 3.05) is 13.2 Å². The van der Waals surface area contributed by atoms with Gasteiger partial charge in [-0.15, -0.1) is 0 Å². The van der Waals surface area contributed by atoms with Crippen LogP contribution < -0.4 is 0 Å². The van der Waals surface area contributed by atoms with Crippen molar-refractivity contribution < 1.29 is 9.31 Å². The van der Waals surface area contributed by atoms with Crippen LogP contribution in [-0.4, -0.2) is 38.3 Å². The summed E-state index contributed by atoms with van der Waals surface area (Å²) in [5.74, 6) is 0. The quantitative estimate of drug-likeness (QED) is 0.431. The Balaban J connectivity index is 0.000000640. The summed E-state index contributed by atoms with van der Waals surface area (Å²) < 4.78 is 9.88. The summed E-state index contributed by atoms with van der Waals surface area (Å²) in [4.78, 5) is 0. The highest BCUT2D eigenvalue weighted by molar-refractivity contribution is 6.18. The van der Waals surface area contributed by atoms with Gasteiger partial charge < -0.3 is 9.31 Å². The van der Waals surface area contributed by atoms with Crippen LogP contribution in [0.2, 0.25) is 0 Å². The average Bonchev–Trinajstić information content (AvgIpc) is 1.65. The zero-order chi connectivity index (χ0) is 6.04. The van der Waals surface area contributed by atoms with Crippen LogP contribution in [0.25, 0.3) is 0 Å². The van der Waals surface area contributed by atoms with E-state index in [1.165, 1.54) is 7.69 Å². The van der Waals surface area contributed by atoms with Crippen LogP contribution in [-0.2, 0) is 9.31 Å². The fraction of sp³-hybridized carbons (Fsp3) is 1.00. The lowest BCUT2D eigenvalue weighted by atomic mass is 9.94. The molecule has 4 heteroatoms. The lowest BCUT2D eigenvalue weighted by Gasteiger charge is -2.28. The van der Waals surface area contributed by atoms with Crippen LogP contribution in [0, 0.1) is 5.41 Å². The third-order valence-corrected chi connectivity index (χ3v) is 1.08. The smallest absolute Gasteiger partial charge is 0.413 e. The van der Waals surface area contributed by atoms with E-state index in [1.807, 2.05) is 0 Å². The SMILES string of the molecule is CC1(C)CO[B]OC1.[AlH2]. The normalized spacial score (nSPS) is 23.8. The molecule has 0 N–H and O–H groups in total. The Morgan fingerprint density at radius 1 is 1.22 bits per heavy atom. The van der Waals surface area contributed by atoms with Crippen molar-refractivity contribution in [3.8, 4) is 0 Å². The highest BCUT2D eigenvalue weighted by Crippen LogP contribution is 2.18. The molecule has 0 spiro atoms. The Hall–Kier alpha value is 0.517. The van der Waals surface area contributed by atoms with Gasteiger partial charge in [0.15, 0.2) is 0 Å². The standard InChI is InChI=1S/C5H10BO2.Al.2H/c1-5(2)3-7-6-8-4-5;;;/h3-4H2,1-2H3;;;. The van der Waals surface area contributed by atoms with E-state index in [9.17, 15) is 0 Å². The van der Waals surface area contributed by atoms with Gasteiger partial charge in [-0.1, -0.05) is 13.8 Å². The first-order chi connectivity index (χ1) is 3.71. The third kappa shape index (κ3) is 3.27. The Labute approximate surface area is 67.4 Å². The van der Waals surface area contributed by atoms with Crippen LogP contribution >= 0.6 is 0 Å². The maximum absolute atomic E-state index is 4.94. The first-order valence-corrected chi connectivity index (χ1v) is 2.76. The molecule has 0 unspecified atom stereocenters. The zero-order valence-corrected chi connectivity index (χ0v) is 8.31. The van der Waals surface area contributed by atoms with E-state index in [0.29, 0.717) is 0 Å². The molecular formula is C5H12AlBO2. The molecule has 1 saturated heterocycles. The first-order valence-electron chi connectivity index (χ1n) is 2.76. The van der Waals surface area contributed by atoms with Gasteiger partial charge in [0.2, 0.25) is 0 Å². The minimum atomic E-state index is 0. The van der Waals surface area contributed by atoms with Gasteiger partial charge in [0, 0.05) is 18.6 Å². The second kappa shape index (κ2) is 3.63. The Morgan fingerprint density at radius 2 is 1.67 bits per heavy atom. The van der Waals surface area contributed by atoms with E-state index < -0.39 is 0 Å². The molecule has 2 nitrogen and oxygen atoms in total. The molecule has 1 heterocycles. The molecule has 1 aliphatic heterocycles. The largest absolute Gasteiger partial charge is 0.488 e. The maximum Gasteiger partial charge on any atom is 0.488 e. The Bertz CT molecular complexity index is 79.0. The van der Waals surface area contributed by atoms with Crippen LogP contribution in [0.5, 0.6) is 0 Å². The summed E-state index contributed by atoms with van der Waals surface area (Å²) in [6.45, 7) is 5.76. The summed E-state index contributed by atoms with van der Waals surface area (Å²) in [6, 6.07) is 0. The summed E-state index contributed by atoms with van der Waals surface area (Å²) in [5, 5.41) is 0. The van der Waals surface area contributed by atoms with E-state index in [0.717, 1.165) is 13.2 Å². The predicted molar refractivity (Wildman–Crippen MR) is 40.0 cm³/mol. The molecule has 0 aliphatic carbocycles. The van der Waals surface area contributed by atoms with Gasteiger partial charge in [-0.2, -0.15) is 0 Å². The molecule has 0 amide bonds. The second-order valence-corrected chi connectivity index (χ2v) is 2.88. The van der Waals surface area contributed by atoms with Crippen LogP contribution in [0.4, 0.5) is 0 Å². The summed E-state index contributed by atoms with van der Waals surface area (Å²) >= 11 is 0. The monoisotopic (exact) mass is 142 g/mol. The first kappa shape index (κ1) is 9.52. The Kier molecular flexibility index (Phi) is 3.84. The van der Waals surface area contributed by atoms with Gasteiger partial charge in [0.1, 0.15) is 17.4 Å². The predicted octanol–water partition coefficient (Wildman–Crippen LogP) is -0.323. The van der Waals surface area contributed by atoms with Crippen molar-refractivity contribution >= 4 is 25.0 Å². The summed E-state index contributed by atoms with van der Waals surface area (Å²) in [7, 11) is 1.41. The molecule has 2 radical (unpaired) electrons. The molecule has 1 fully saturated rings. The second-order valence-electron chi connectivity index (χ2n) is 2.88. The minimum Gasteiger partial charge on any atom is -0.413 e. The molecule has 0 aromatic heterocycles. The topological polar surface area (TPSA) is 18.5 Å². The highest BCUT2D eigenvalue weighted by atomic mass is 27.0. The minimum absolute atomic E-state index is 0. The molecule has 0 aromatic rings. The fourth-order valence-corrected chi connectivity index (χ4v) is 0.609. The zero-order valence-electron chi connectivity index (χ0n) is 6.31. The summed E-state index contributed by atoms with van der Waals surface area (Å²) in [5.41, 5.74) is 0.203. The van der Waals surface area contributed by atoms with Gasteiger partial charge in [-0.25, -0.2) is 0 Å². The molecular weight excluding hydrogens is 130 g/mol. The lowest BCUT2D eigenvalue weighted by Crippen LogP contribution is -2.33. The van der Waals surface area contributed by atoms with Crippen molar-refractivity contribution in [3.63, 3.8) is 0 Å². The molecule has 9 heavy (non-hydrogen) atoms. The van der Waals surface area contributed by atoms with Crippen molar-refractivity contribution in [2.45, 2.75) is 13.8 Å². The number of hydrogen-bond donors (Lipinski definition) is 0. The fourth-order valence-electron chi connectivity index (χ4n) is 0.609. The third-order valence-electron chi connectivity index (χ3n) is 1.08. The van der Waals surface area contributed by atoms with E-state index in [4.69, 9.17) is 9.31 Å². The average molecular weight is 142 g/mol. The van der Waals surface area contributed by atoms with Crippen molar-refractivity contribution in [1.29, 1.82) is 0 Å². The van der Waals surface area contributed by atoms with Gasteiger partial charge in [-0.3, -0.25) is 0 Å². The molecule has 50 valence electrons. The highest BCUT2D eigenvalue weighted by Gasteiger charge is 2.22. The van der Waals surface area contributed by atoms with Crippen LogP contribution in [0.15, 0.2) is 0 Å². The van der Waals surface area contributed by atoms with Crippen LogP contribution in [0.3, 0.4) is 0 Å². The molecule has 0 saturated carbocycles. The van der Waals surface area contributed by atoms with Crippen LogP contribution in [0.1, 0.15) is 13.8 Å². The lowest BCUT2D eigenvalue weighted by molar-refractivity contribution is 0.0431. The summed E-state index contributed by atoms with van der Waals surface area (Å²) in [6.07, 6.45) is 0. The number of rotatable bonds is 0. The van der Waals surface area contributed by atoms with Crippen molar-refractivity contribution in [1.82, 2.24) is 0 Å². The van der Waals surface area contributed by atoms with E-state index in [-0.39, 0.29) is 22.8 Å². The number of hydrogen-bond acceptors (Lipinski definition) is 2.